The summed E-state index contributed by atoms with van der Waals surface area (Å²) in [4.78, 5) is 6.37. The van der Waals surface area contributed by atoms with Crippen molar-refractivity contribution < 1.29 is 4.74 Å². The molecule has 0 N–H and O–H groups in total. The topological polar surface area (TPSA) is 16.8 Å². The third kappa shape index (κ3) is 3.75. The lowest BCUT2D eigenvalue weighted by Gasteiger charge is -2.29. The molecule has 0 bridgehead atoms. The van der Waals surface area contributed by atoms with Gasteiger partial charge in [0, 0.05) is 19.6 Å². The van der Waals surface area contributed by atoms with E-state index in [1.165, 1.54) is 0 Å². The highest BCUT2D eigenvalue weighted by Gasteiger charge is 2.26. The van der Waals surface area contributed by atoms with Crippen LogP contribution in [-0.2, 0) is 4.74 Å². The summed E-state index contributed by atoms with van der Waals surface area (Å²) < 4.78 is 5.29. The molecule has 0 unspecified atom stereocenters. The Bertz CT molecular complexity index is 209. The Morgan fingerprint density at radius 2 is 2.00 bits per heavy atom. The van der Waals surface area contributed by atoms with E-state index in [2.05, 4.69) is 29.7 Å². The number of rotatable bonds is 2. The van der Waals surface area contributed by atoms with Crippen LogP contribution in [-0.4, -0.2) is 44.8 Å². The van der Waals surface area contributed by atoms with Crippen molar-refractivity contribution in [3.8, 4) is 6.07 Å². The smallest absolute Gasteiger partial charge is 0.280 e. The molecule has 0 atom stereocenters. The predicted molar refractivity (Wildman–Crippen MR) is 54.2 cm³/mol. The summed E-state index contributed by atoms with van der Waals surface area (Å²) in [7, 11) is 1.78. The summed E-state index contributed by atoms with van der Waals surface area (Å²) in [6.07, 6.45) is 0. The van der Waals surface area contributed by atoms with Gasteiger partial charge in [-0.15, -0.1) is 0 Å². The van der Waals surface area contributed by atoms with E-state index < -0.39 is 0 Å². The van der Waals surface area contributed by atoms with Gasteiger partial charge < -0.3 is 4.74 Å². The SMILES string of the molecule is C[N+]#CC(C)(C)CN1CCOCC1. The van der Waals surface area contributed by atoms with Crippen LogP contribution < -0.4 is 0 Å². The molecule has 0 aromatic rings. The molecule has 1 saturated heterocycles. The molecule has 3 nitrogen and oxygen atoms in total. The first-order valence-corrected chi connectivity index (χ1v) is 4.80. The van der Waals surface area contributed by atoms with Crippen molar-refractivity contribution in [2.24, 2.45) is 5.41 Å². The molecule has 0 saturated carbocycles. The average Bonchev–Trinajstić information content (AvgIpc) is 2.04. The fraction of sp³-hybridized carbons (Fsp3) is 0.900. The van der Waals surface area contributed by atoms with Crippen molar-refractivity contribution in [2.75, 3.05) is 39.9 Å². The van der Waals surface area contributed by atoms with Crippen molar-refractivity contribution in [3.63, 3.8) is 0 Å². The Labute approximate surface area is 80.5 Å². The predicted octanol–water partition coefficient (Wildman–Crippen LogP) is 1.31. The minimum absolute atomic E-state index is 0.0616. The van der Waals surface area contributed by atoms with Crippen molar-refractivity contribution in [1.29, 1.82) is 0 Å². The molecule has 1 rings (SSSR count). The zero-order valence-corrected chi connectivity index (χ0v) is 8.84. The van der Waals surface area contributed by atoms with E-state index in [4.69, 9.17) is 4.74 Å². The van der Waals surface area contributed by atoms with Gasteiger partial charge in [0.15, 0.2) is 0 Å². The molecule has 0 spiro atoms. The summed E-state index contributed by atoms with van der Waals surface area (Å²) in [5.74, 6) is 0. The third-order valence-corrected chi connectivity index (χ3v) is 2.14. The molecule has 3 heteroatoms. The fourth-order valence-electron chi connectivity index (χ4n) is 1.66. The maximum Gasteiger partial charge on any atom is 0.280 e. The summed E-state index contributed by atoms with van der Waals surface area (Å²) in [5, 5.41) is 0. The molecule has 1 aliphatic heterocycles. The van der Waals surface area contributed by atoms with Gasteiger partial charge in [-0.2, -0.15) is 0 Å². The van der Waals surface area contributed by atoms with Gasteiger partial charge in [0.1, 0.15) is 5.41 Å². The lowest BCUT2D eigenvalue weighted by molar-refractivity contribution is 0.0276. The summed E-state index contributed by atoms with van der Waals surface area (Å²) in [5.41, 5.74) is 0.0616. The lowest BCUT2D eigenvalue weighted by Crippen LogP contribution is -2.41. The van der Waals surface area contributed by atoms with Crippen LogP contribution in [0.2, 0.25) is 0 Å². The minimum Gasteiger partial charge on any atom is -0.379 e. The third-order valence-electron chi connectivity index (χ3n) is 2.14. The molecule has 0 radical (unpaired) electrons. The molecule has 1 aliphatic rings. The average molecular weight is 183 g/mol. The molecule has 74 valence electrons. The molecule has 13 heavy (non-hydrogen) atoms. The van der Waals surface area contributed by atoms with Crippen LogP contribution in [0.25, 0.3) is 4.85 Å². The van der Waals surface area contributed by atoms with Crippen LogP contribution in [0.4, 0.5) is 0 Å². The van der Waals surface area contributed by atoms with E-state index in [0.717, 1.165) is 32.8 Å². The van der Waals surface area contributed by atoms with Crippen LogP contribution in [0, 0.1) is 11.5 Å². The Balaban J connectivity index is 2.40. The van der Waals surface area contributed by atoms with Crippen molar-refractivity contribution in [1.82, 2.24) is 4.90 Å². The van der Waals surface area contributed by atoms with Gasteiger partial charge in [0.2, 0.25) is 0 Å². The van der Waals surface area contributed by atoms with Crippen LogP contribution in [0.1, 0.15) is 13.8 Å². The first kappa shape index (κ1) is 10.5. The van der Waals surface area contributed by atoms with E-state index in [1.807, 2.05) is 0 Å². The van der Waals surface area contributed by atoms with Crippen LogP contribution in [0.5, 0.6) is 0 Å². The lowest BCUT2D eigenvalue weighted by atomic mass is 9.95. The highest BCUT2D eigenvalue weighted by atomic mass is 16.5. The van der Waals surface area contributed by atoms with Crippen LogP contribution in [0.15, 0.2) is 0 Å². The maximum absolute atomic E-state index is 5.29. The molecule has 0 aromatic carbocycles. The summed E-state index contributed by atoms with van der Waals surface area (Å²) in [6.45, 7) is 9.14. The van der Waals surface area contributed by atoms with Gasteiger partial charge in [-0.1, -0.05) is 4.85 Å². The highest BCUT2D eigenvalue weighted by Crippen LogP contribution is 2.16. The standard InChI is InChI=1S/C10H19N2O/c1-10(2,8-11-3)9-12-4-6-13-7-5-12/h4-7,9H2,1-3H3/q+1. The van der Waals surface area contributed by atoms with E-state index in [0.29, 0.717) is 0 Å². The first-order valence-electron chi connectivity index (χ1n) is 4.80. The Hall–Kier alpha value is -0.590. The van der Waals surface area contributed by atoms with Gasteiger partial charge >= 0.3 is 0 Å². The van der Waals surface area contributed by atoms with E-state index >= 15 is 0 Å². The second-order valence-electron chi connectivity index (χ2n) is 4.11. The van der Waals surface area contributed by atoms with Gasteiger partial charge in [-0.25, -0.2) is 0 Å². The summed E-state index contributed by atoms with van der Waals surface area (Å²) in [6, 6.07) is 3.11. The van der Waals surface area contributed by atoms with Gasteiger partial charge in [0.05, 0.1) is 13.2 Å². The molecular formula is C10H19N2O+. The maximum atomic E-state index is 5.29. The second kappa shape index (κ2) is 4.59. The van der Waals surface area contributed by atoms with Crippen LogP contribution in [0.3, 0.4) is 0 Å². The number of morpholine rings is 1. The monoisotopic (exact) mass is 183 g/mol. The molecular weight excluding hydrogens is 164 g/mol. The zero-order valence-electron chi connectivity index (χ0n) is 8.84. The Kier molecular flexibility index (Phi) is 3.71. The Morgan fingerprint density at radius 3 is 2.54 bits per heavy atom. The van der Waals surface area contributed by atoms with Gasteiger partial charge in [-0.05, 0) is 13.8 Å². The van der Waals surface area contributed by atoms with E-state index in [9.17, 15) is 0 Å². The molecule has 0 aromatic heterocycles. The van der Waals surface area contributed by atoms with E-state index in [-0.39, 0.29) is 5.41 Å². The largest absolute Gasteiger partial charge is 0.379 e. The van der Waals surface area contributed by atoms with Gasteiger partial charge in [-0.3, -0.25) is 4.90 Å². The fourth-order valence-corrected chi connectivity index (χ4v) is 1.66. The van der Waals surface area contributed by atoms with Crippen molar-refractivity contribution in [3.05, 3.63) is 4.85 Å². The number of nitrogens with zero attached hydrogens (tertiary/aromatic N) is 2. The van der Waals surface area contributed by atoms with E-state index in [1.54, 1.807) is 7.05 Å². The Morgan fingerprint density at radius 1 is 1.38 bits per heavy atom. The minimum atomic E-state index is 0.0616. The van der Waals surface area contributed by atoms with Crippen molar-refractivity contribution >= 4 is 0 Å². The van der Waals surface area contributed by atoms with Crippen LogP contribution >= 0.6 is 0 Å². The first-order chi connectivity index (χ1) is 6.14. The normalized spacial score (nSPS) is 19.3. The molecule has 0 aliphatic carbocycles. The second-order valence-corrected chi connectivity index (χ2v) is 4.11. The quantitative estimate of drug-likeness (QED) is 0.642. The number of ether oxygens (including phenoxy) is 1. The number of hydrogen-bond donors (Lipinski definition) is 0. The highest BCUT2D eigenvalue weighted by molar-refractivity contribution is 5.01. The van der Waals surface area contributed by atoms with Crippen molar-refractivity contribution in [2.45, 2.75) is 13.8 Å². The van der Waals surface area contributed by atoms with Gasteiger partial charge in [0.25, 0.3) is 13.1 Å². The molecule has 1 heterocycles. The number of hydrogen-bond acceptors (Lipinski definition) is 2. The zero-order chi connectivity index (χ0) is 9.73. The summed E-state index contributed by atoms with van der Waals surface area (Å²) >= 11 is 0. The molecule has 1 fully saturated rings. The molecule has 0 amide bonds.